The van der Waals surface area contributed by atoms with Crippen molar-refractivity contribution < 1.29 is 13.2 Å². The molecule has 0 atom stereocenters. The lowest BCUT2D eigenvalue weighted by Crippen LogP contribution is -2.21. The summed E-state index contributed by atoms with van der Waals surface area (Å²) in [6, 6.07) is 5.65. The first kappa shape index (κ1) is 14.5. The summed E-state index contributed by atoms with van der Waals surface area (Å²) in [7, 11) is -3.47. The van der Waals surface area contributed by atoms with Crippen LogP contribution in [0.1, 0.15) is 25.3 Å². The highest BCUT2D eigenvalue weighted by Crippen LogP contribution is 2.29. The Morgan fingerprint density at radius 3 is 2.59 bits per heavy atom. The highest BCUT2D eigenvalue weighted by Gasteiger charge is 2.10. The molecule has 0 bridgehead atoms. The van der Waals surface area contributed by atoms with Crippen molar-refractivity contribution in [1.29, 1.82) is 0 Å². The Balaban J connectivity index is 2.77. The molecule has 0 aliphatic rings. The van der Waals surface area contributed by atoms with E-state index in [9.17, 15) is 8.42 Å². The van der Waals surface area contributed by atoms with Crippen LogP contribution >= 0.6 is 15.9 Å². The van der Waals surface area contributed by atoms with E-state index in [1.54, 1.807) is 0 Å². The molecule has 0 fully saturated rings. The topological polar surface area (TPSA) is 69.4 Å². The van der Waals surface area contributed by atoms with Crippen LogP contribution in [-0.4, -0.2) is 20.8 Å². The van der Waals surface area contributed by atoms with Gasteiger partial charge in [-0.05, 0) is 29.7 Å². The molecule has 1 rings (SSSR count). The van der Waals surface area contributed by atoms with E-state index >= 15 is 0 Å². The number of hydrogen-bond donors (Lipinski definition) is 1. The maximum atomic E-state index is 10.8. The molecule has 4 nitrogen and oxygen atoms in total. The molecule has 0 spiro atoms. The van der Waals surface area contributed by atoms with Crippen LogP contribution in [0, 0.1) is 0 Å². The monoisotopic (exact) mass is 321 g/mol. The first-order valence-corrected chi connectivity index (χ1v) is 7.73. The number of primary sulfonamides is 1. The molecule has 0 heterocycles. The van der Waals surface area contributed by atoms with E-state index in [0.29, 0.717) is 11.7 Å². The Bertz CT molecular complexity index is 485. The lowest BCUT2D eigenvalue weighted by molar-refractivity contribution is 0.336. The van der Waals surface area contributed by atoms with Crippen LogP contribution in [0.2, 0.25) is 0 Å². The summed E-state index contributed by atoms with van der Waals surface area (Å²) in [5, 5.41) is 4.91. The largest absolute Gasteiger partial charge is 0.492 e. The third kappa shape index (κ3) is 5.06. The van der Waals surface area contributed by atoms with Crippen LogP contribution < -0.4 is 9.88 Å². The van der Waals surface area contributed by atoms with Crippen molar-refractivity contribution in [2.45, 2.75) is 19.8 Å². The first-order chi connectivity index (χ1) is 7.79. The summed E-state index contributed by atoms with van der Waals surface area (Å²) in [5.41, 5.74) is 1.04. The van der Waals surface area contributed by atoms with Crippen LogP contribution in [0.5, 0.6) is 5.75 Å². The molecule has 96 valence electrons. The Morgan fingerprint density at radius 2 is 2.06 bits per heavy atom. The van der Waals surface area contributed by atoms with Crippen molar-refractivity contribution in [3.63, 3.8) is 0 Å². The SMILES string of the molecule is CC(C)c1cc(Br)ccc1OCCS(N)(=O)=O. The Labute approximate surface area is 110 Å². The van der Waals surface area contributed by atoms with Gasteiger partial charge in [-0.1, -0.05) is 29.8 Å². The van der Waals surface area contributed by atoms with Crippen molar-refractivity contribution in [3.8, 4) is 5.75 Å². The summed E-state index contributed by atoms with van der Waals surface area (Å²) in [6.45, 7) is 4.17. The Morgan fingerprint density at radius 1 is 1.41 bits per heavy atom. The Hall–Kier alpha value is -0.590. The average Bonchev–Trinajstić information content (AvgIpc) is 2.18. The fourth-order valence-corrected chi connectivity index (χ4v) is 2.06. The number of hydrogen-bond acceptors (Lipinski definition) is 3. The van der Waals surface area contributed by atoms with E-state index in [2.05, 4.69) is 15.9 Å². The molecule has 0 aromatic heterocycles. The molecular weight excluding hydrogens is 306 g/mol. The van der Waals surface area contributed by atoms with Gasteiger partial charge >= 0.3 is 0 Å². The number of nitrogens with two attached hydrogens (primary N) is 1. The van der Waals surface area contributed by atoms with Crippen LogP contribution in [0.25, 0.3) is 0 Å². The molecule has 0 saturated carbocycles. The van der Waals surface area contributed by atoms with Gasteiger partial charge in [0.05, 0.1) is 5.75 Å². The summed E-state index contributed by atoms with van der Waals surface area (Å²) in [6.07, 6.45) is 0. The van der Waals surface area contributed by atoms with Gasteiger partial charge < -0.3 is 4.74 Å². The van der Waals surface area contributed by atoms with Crippen LogP contribution in [0.3, 0.4) is 0 Å². The molecule has 0 unspecified atom stereocenters. The van der Waals surface area contributed by atoms with Gasteiger partial charge in [-0.25, -0.2) is 13.6 Å². The van der Waals surface area contributed by atoms with Gasteiger partial charge in [-0.3, -0.25) is 0 Å². The van der Waals surface area contributed by atoms with Crippen LogP contribution in [0.15, 0.2) is 22.7 Å². The van der Waals surface area contributed by atoms with E-state index in [4.69, 9.17) is 9.88 Å². The van der Waals surface area contributed by atoms with Crippen molar-refractivity contribution in [2.24, 2.45) is 5.14 Å². The zero-order valence-corrected chi connectivity index (χ0v) is 12.2. The van der Waals surface area contributed by atoms with Crippen LogP contribution in [-0.2, 0) is 10.0 Å². The van der Waals surface area contributed by atoms with Gasteiger partial charge in [0.1, 0.15) is 12.4 Å². The maximum absolute atomic E-state index is 10.8. The molecule has 0 saturated heterocycles. The van der Waals surface area contributed by atoms with Gasteiger partial charge in [0.2, 0.25) is 10.0 Å². The summed E-state index contributed by atoms with van der Waals surface area (Å²) in [4.78, 5) is 0. The molecule has 0 aliphatic heterocycles. The molecule has 0 amide bonds. The zero-order valence-electron chi connectivity index (χ0n) is 9.81. The number of sulfonamides is 1. The standard InChI is InChI=1S/C11H16BrNO3S/c1-8(2)10-7-9(12)3-4-11(10)16-5-6-17(13,14)15/h3-4,7-8H,5-6H2,1-2H3,(H2,13,14,15). The molecule has 1 aromatic carbocycles. The predicted octanol–water partition coefficient (Wildman–Crippen LogP) is 2.24. The van der Waals surface area contributed by atoms with Gasteiger partial charge in [-0.15, -0.1) is 0 Å². The minimum Gasteiger partial charge on any atom is -0.492 e. The third-order valence-corrected chi connectivity index (χ3v) is 3.45. The summed E-state index contributed by atoms with van der Waals surface area (Å²) in [5.74, 6) is 0.824. The predicted molar refractivity (Wildman–Crippen MR) is 71.7 cm³/mol. The van der Waals surface area contributed by atoms with Gasteiger partial charge in [0.25, 0.3) is 0 Å². The maximum Gasteiger partial charge on any atom is 0.212 e. The molecule has 6 heteroatoms. The van der Waals surface area contributed by atoms with Gasteiger partial charge in [-0.2, -0.15) is 0 Å². The van der Waals surface area contributed by atoms with Gasteiger partial charge in [0, 0.05) is 4.47 Å². The first-order valence-electron chi connectivity index (χ1n) is 5.22. The molecule has 0 radical (unpaired) electrons. The smallest absolute Gasteiger partial charge is 0.212 e. The van der Waals surface area contributed by atoms with E-state index < -0.39 is 10.0 Å². The normalized spacial score (nSPS) is 11.8. The quantitative estimate of drug-likeness (QED) is 0.904. The molecule has 17 heavy (non-hydrogen) atoms. The lowest BCUT2D eigenvalue weighted by Gasteiger charge is -2.14. The van der Waals surface area contributed by atoms with Crippen LogP contribution in [0.4, 0.5) is 0 Å². The molecule has 1 aromatic rings. The number of rotatable bonds is 5. The van der Waals surface area contributed by atoms with E-state index in [1.807, 2.05) is 32.0 Å². The minimum atomic E-state index is -3.47. The van der Waals surface area contributed by atoms with Crippen molar-refractivity contribution >= 4 is 26.0 Å². The van der Waals surface area contributed by atoms with E-state index in [1.165, 1.54) is 0 Å². The fourth-order valence-electron chi connectivity index (χ4n) is 1.37. The average molecular weight is 322 g/mol. The zero-order chi connectivity index (χ0) is 13.1. The van der Waals surface area contributed by atoms with Crippen molar-refractivity contribution in [3.05, 3.63) is 28.2 Å². The van der Waals surface area contributed by atoms with Crippen molar-refractivity contribution in [1.82, 2.24) is 0 Å². The summed E-state index contributed by atoms with van der Waals surface area (Å²) >= 11 is 3.39. The molecular formula is C11H16BrNO3S. The van der Waals surface area contributed by atoms with Gasteiger partial charge in [0.15, 0.2) is 0 Å². The van der Waals surface area contributed by atoms with E-state index in [-0.39, 0.29) is 12.4 Å². The lowest BCUT2D eigenvalue weighted by atomic mass is 10.0. The fraction of sp³-hybridized carbons (Fsp3) is 0.455. The third-order valence-electron chi connectivity index (χ3n) is 2.22. The molecule has 2 N–H and O–H groups in total. The highest BCUT2D eigenvalue weighted by molar-refractivity contribution is 9.10. The van der Waals surface area contributed by atoms with E-state index in [0.717, 1.165) is 10.0 Å². The highest BCUT2D eigenvalue weighted by atomic mass is 79.9. The number of benzene rings is 1. The second kappa shape index (κ2) is 5.84. The van der Waals surface area contributed by atoms with Crippen molar-refractivity contribution in [2.75, 3.05) is 12.4 Å². The number of halogens is 1. The second-order valence-electron chi connectivity index (χ2n) is 4.05. The number of ether oxygens (including phenoxy) is 1. The molecule has 0 aliphatic carbocycles. The summed E-state index contributed by atoms with van der Waals surface area (Å²) < 4.78 is 28.0. The Kier molecular flexibility index (Phi) is 4.97. The second-order valence-corrected chi connectivity index (χ2v) is 6.70. The minimum absolute atomic E-state index is 0.0696.